The molecule has 1 heterocycles. The summed E-state index contributed by atoms with van der Waals surface area (Å²) in [5, 5.41) is 0. The highest BCUT2D eigenvalue weighted by atomic mass is 14.8. The van der Waals surface area contributed by atoms with Gasteiger partial charge in [0.25, 0.3) is 0 Å². The molecule has 0 atom stereocenters. The number of benzene rings is 2. The van der Waals surface area contributed by atoms with Gasteiger partial charge >= 0.3 is 0 Å². The van der Waals surface area contributed by atoms with E-state index < -0.39 is 0 Å². The fourth-order valence-corrected chi connectivity index (χ4v) is 3.71. The van der Waals surface area contributed by atoms with E-state index in [2.05, 4.69) is 62.4 Å². The van der Waals surface area contributed by atoms with Gasteiger partial charge in [0.2, 0.25) is 0 Å². The van der Waals surface area contributed by atoms with Crippen LogP contribution in [0.5, 0.6) is 0 Å². The van der Waals surface area contributed by atoms with Crippen LogP contribution >= 0.6 is 0 Å². The minimum Gasteiger partial charge on any atom is -0.251 e. The third-order valence-electron chi connectivity index (χ3n) is 5.65. The largest absolute Gasteiger partial charge is 0.251 e. The maximum atomic E-state index is 4.93. The second-order valence-corrected chi connectivity index (χ2v) is 8.27. The summed E-state index contributed by atoms with van der Waals surface area (Å²) >= 11 is 0. The first-order valence-electron chi connectivity index (χ1n) is 11.9. The van der Waals surface area contributed by atoms with E-state index in [1.807, 2.05) is 32.0 Å². The average Bonchev–Trinajstić information content (AvgIpc) is 2.83. The Kier molecular flexibility index (Phi) is 8.91. The molecule has 0 saturated heterocycles. The Balaban J connectivity index is 1.87. The molecule has 0 aliphatic rings. The molecule has 3 rings (SSSR count). The van der Waals surface area contributed by atoms with Gasteiger partial charge in [-0.1, -0.05) is 69.2 Å². The van der Waals surface area contributed by atoms with E-state index in [4.69, 9.17) is 15.0 Å². The second-order valence-electron chi connectivity index (χ2n) is 8.27. The topological polar surface area (TPSA) is 37.6 Å². The minimum atomic E-state index is 0.890. The van der Waals surface area contributed by atoms with E-state index >= 15 is 0 Å². The number of hydrogen-bond acceptors (Lipinski definition) is 3. The quantitative estimate of drug-likeness (QED) is 0.303. The number of hydrogen-bond donors (Lipinski definition) is 0. The van der Waals surface area contributed by atoms with Gasteiger partial charge in [0.15, 0.2) is 0 Å². The molecule has 32 heavy (non-hydrogen) atoms. The van der Waals surface area contributed by atoms with Gasteiger partial charge in [-0.05, 0) is 74.9 Å². The zero-order valence-electron chi connectivity index (χ0n) is 19.9. The van der Waals surface area contributed by atoms with Gasteiger partial charge in [0, 0.05) is 0 Å². The predicted molar refractivity (Wildman–Crippen MR) is 138 cm³/mol. The smallest absolute Gasteiger partial charge is 0.0849 e. The summed E-state index contributed by atoms with van der Waals surface area (Å²) < 4.78 is 0. The Morgan fingerprint density at radius 1 is 0.625 bits per heavy atom. The van der Waals surface area contributed by atoms with Crippen LogP contribution in [-0.2, 0) is 12.8 Å². The number of aryl methyl sites for hydroxylation is 2. The maximum Gasteiger partial charge on any atom is 0.0849 e. The van der Waals surface area contributed by atoms with Gasteiger partial charge in [0.1, 0.15) is 0 Å². The zero-order chi connectivity index (χ0) is 22.8. The Morgan fingerprint density at radius 2 is 1.06 bits per heavy atom. The van der Waals surface area contributed by atoms with Gasteiger partial charge < -0.3 is 0 Å². The van der Waals surface area contributed by atoms with E-state index in [1.54, 1.807) is 0 Å². The standard InChI is InChI=1S/C29H35N3/c1-5-7-14-24-16-9-11-18-28(24)30-22(3)26-20-13-21-27(32-26)23(4)31-29-19-12-10-17-25(29)15-8-6-2/h9-13,16-21H,5-8,14-15H2,1-4H3/b30-22+,31-23+. The van der Waals surface area contributed by atoms with Crippen molar-refractivity contribution < 1.29 is 0 Å². The van der Waals surface area contributed by atoms with Crippen LogP contribution in [0.1, 0.15) is 75.9 Å². The summed E-state index contributed by atoms with van der Waals surface area (Å²) in [6.07, 6.45) is 6.82. The fraction of sp³-hybridized carbons (Fsp3) is 0.345. The van der Waals surface area contributed by atoms with Crippen LogP contribution in [0.15, 0.2) is 76.7 Å². The molecule has 0 aliphatic carbocycles. The molecule has 0 fully saturated rings. The minimum absolute atomic E-state index is 0.890. The van der Waals surface area contributed by atoms with E-state index in [-0.39, 0.29) is 0 Å². The summed E-state index contributed by atoms with van der Waals surface area (Å²) in [6, 6.07) is 22.9. The van der Waals surface area contributed by atoms with E-state index in [9.17, 15) is 0 Å². The van der Waals surface area contributed by atoms with Gasteiger partial charge in [-0.25, -0.2) is 4.98 Å². The molecule has 2 aromatic carbocycles. The molecule has 0 unspecified atom stereocenters. The monoisotopic (exact) mass is 425 g/mol. The number of aliphatic imine (C=N–C) groups is 2. The van der Waals surface area contributed by atoms with Crippen molar-refractivity contribution in [2.24, 2.45) is 9.98 Å². The molecule has 3 nitrogen and oxygen atoms in total. The number of rotatable bonds is 10. The van der Waals surface area contributed by atoms with E-state index in [1.165, 1.54) is 36.8 Å². The highest BCUT2D eigenvalue weighted by Crippen LogP contribution is 2.23. The average molecular weight is 426 g/mol. The summed E-state index contributed by atoms with van der Waals surface area (Å²) in [4.78, 5) is 14.7. The summed E-state index contributed by atoms with van der Waals surface area (Å²) in [5.41, 5.74) is 8.31. The van der Waals surface area contributed by atoms with Crippen LogP contribution in [0.3, 0.4) is 0 Å². The lowest BCUT2D eigenvalue weighted by atomic mass is 10.1. The van der Waals surface area contributed by atoms with Crippen molar-refractivity contribution in [2.45, 2.75) is 66.2 Å². The van der Waals surface area contributed by atoms with Crippen molar-refractivity contribution in [3.05, 3.63) is 89.2 Å². The van der Waals surface area contributed by atoms with Crippen LogP contribution in [0, 0.1) is 0 Å². The van der Waals surface area contributed by atoms with Crippen LogP contribution in [0.2, 0.25) is 0 Å². The molecule has 0 aliphatic heterocycles. The lowest BCUT2D eigenvalue weighted by molar-refractivity contribution is 0.795. The number of unbranched alkanes of at least 4 members (excludes halogenated alkanes) is 2. The molecule has 0 N–H and O–H groups in total. The van der Waals surface area contributed by atoms with Crippen molar-refractivity contribution in [2.75, 3.05) is 0 Å². The molecular weight excluding hydrogens is 390 g/mol. The highest BCUT2D eigenvalue weighted by Gasteiger charge is 2.08. The SMILES string of the molecule is CCCCc1ccccc1/N=C(\C)c1cccc(/C(C)=N/c2ccccc2CCCC)n1. The Labute approximate surface area is 193 Å². The Bertz CT molecular complexity index is 996. The van der Waals surface area contributed by atoms with Gasteiger partial charge in [-0.3, -0.25) is 9.98 Å². The molecule has 166 valence electrons. The van der Waals surface area contributed by atoms with Gasteiger partial charge in [-0.2, -0.15) is 0 Å². The summed E-state index contributed by atoms with van der Waals surface area (Å²) in [5.74, 6) is 0. The lowest BCUT2D eigenvalue weighted by Crippen LogP contribution is -2.05. The Hall–Kier alpha value is -3.07. The van der Waals surface area contributed by atoms with Crippen molar-refractivity contribution in [3.8, 4) is 0 Å². The zero-order valence-corrected chi connectivity index (χ0v) is 19.9. The first-order chi connectivity index (χ1) is 15.6. The maximum absolute atomic E-state index is 4.93. The van der Waals surface area contributed by atoms with Crippen LogP contribution < -0.4 is 0 Å². The molecule has 3 heteroatoms. The summed E-state index contributed by atoms with van der Waals surface area (Å²) in [7, 11) is 0. The molecular formula is C29H35N3. The molecule has 0 saturated carbocycles. The normalized spacial score (nSPS) is 12.2. The molecule has 0 amide bonds. The first kappa shape index (κ1) is 23.6. The number of aromatic nitrogens is 1. The number of nitrogens with zero attached hydrogens (tertiary/aromatic N) is 3. The van der Waals surface area contributed by atoms with Crippen molar-refractivity contribution in [3.63, 3.8) is 0 Å². The third-order valence-corrected chi connectivity index (χ3v) is 5.65. The molecule has 1 aromatic heterocycles. The van der Waals surface area contributed by atoms with Crippen LogP contribution in [-0.4, -0.2) is 16.4 Å². The number of pyridine rings is 1. The van der Waals surface area contributed by atoms with Crippen molar-refractivity contribution in [1.29, 1.82) is 0 Å². The lowest BCUT2D eigenvalue weighted by Gasteiger charge is -2.09. The summed E-state index contributed by atoms with van der Waals surface area (Å²) in [6.45, 7) is 8.52. The second kappa shape index (κ2) is 12.1. The molecule has 0 radical (unpaired) electrons. The van der Waals surface area contributed by atoms with E-state index in [0.29, 0.717) is 0 Å². The van der Waals surface area contributed by atoms with Crippen LogP contribution in [0.25, 0.3) is 0 Å². The third kappa shape index (κ3) is 6.46. The molecule has 0 spiro atoms. The molecule has 0 bridgehead atoms. The number of para-hydroxylation sites is 2. The molecule has 3 aromatic rings. The fourth-order valence-electron chi connectivity index (χ4n) is 3.71. The van der Waals surface area contributed by atoms with Crippen molar-refractivity contribution in [1.82, 2.24) is 4.98 Å². The predicted octanol–water partition coefficient (Wildman–Crippen LogP) is 8.05. The Morgan fingerprint density at radius 3 is 1.50 bits per heavy atom. The highest BCUT2D eigenvalue weighted by molar-refractivity contribution is 6.02. The van der Waals surface area contributed by atoms with Crippen molar-refractivity contribution >= 4 is 22.8 Å². The van der Waals surface area contributed by atoms with E-state index in [0.717, 1.165) is 47.0 Å². The van der Waals surface area contributed by atoms with Gasteiger partial charge in [-0.15, -0.1) is 0 Å². The van der Waals surface area contributed by atoms with Gasteiger partial charge in [0.05, 0.1) is 34.2 Å². The first-order valence-corrected chi connectivity index (χ1v) is 11.9. The van der Waals surface area contributed by atoms with Crippen LogP contribution in [0.4, 0.5) is 11.4 Å².